The number of urea groups is 1. The Bertz CT molecular complexity index is 595. The van der Waals surface area contributed by atoms with E-state index in [1.165, 1.54) is 25.7 Å². The molecule has 1 aromatic rings. The number of guanidine groups is 1. The molecule has 2 saturated heterocycles. The molecule has 0 unspecified atom stereocenters. The van der Waals surface area contributed by atoms with Crippen LogP contribution in [-0.2, 0) is 0 Å². The highest BCUT2D eigenvalue weighted by Crippen LogP contribution is 2.25. The zero-order chi connectivity index (χ0) is 16.2. The van der Waals surface area contributed by atoms with Crippen molar-refractivity contribution in [2.45, 2.75) is 32.6 Å². The van der Waals surface area contributed by atoms with E-state index in [9.17, 15) is 4.79 Å². The molecule has 0 saturated carbocycles. The average Bonchev–Trinajstić information content (AvgIpc) is 3.21. The number of nitrogens with zero attached hydrogens (tertiary/aromatic N) is 2. The first-order valence-electron chi connectivity index (χ1n) is 8.35. The quantitative estimate of drug-likeness (QED) is 0.612. The van der Waals surface area contributed by atoms with Crippen LogP contribution in [0.4, 0.5) is 10.5 Å². The lowest BCUT2D eigenvalue weighted by atomic mass is 10.2. The molecule has 2 heterocycles. The summed E-state index contributed by atoms with van der Waals surface area (Å²) in [6.07, 6.45) is 4.74. The van der Waals surface area contributed by atoms with Crippen molar-refractivity contribution in [3.63, 3.8) is 0 Å². The van der Waals surface area contributed by atoms with Gasteiger partial charge in [-0.05, 0) is 44.2 Å². The predicted molar refractivity (Wildman–Crippen MR) is 93.4 cm³/mol. The van der Waals surface area contributed by atoms with E-state index in [0.29, 0.717) is 10.7 Å². The SMILES string of the molecule is Cc1cccc(Cl)c1NC(=O)NC(N1CCCC1)=[N+]1CCCC1. The summed E-state index contributed by atoms with van der Waals surface area (Å²) < 4.78 is 2.28. The molecule has 2 aliphatic rings. The van der Waals surface area contributed by atoms with Crippen LogP contribution in [0.1, 0.15) is 31.2 Å². The predicted octanol–water partition coefficient (Wildman–Crippen LogP) is 3.03. The summed E-state index contributed by atoms with van der Waals surface area (Å²) in [6.45, 7) is 5.98. The van der Waals surface area contributed by atoms with Gasteiger partial charge in [0.2, 0.25) is 0 Å². The second kappa shape index (κ2) is 7.21. The lowest BCUT2D eigenvalue weighted by molar-refractivity contribution is -0.512. The van der Waals surface area contributed by atoms with Gasteiger partial charge >= 0.3 is 12.0 Å². The Labute approximate surface area is 142 Å². The number of nitrogens with one attached hydrogen (secondary N) is 2. The summed E-state index contributed by atoms with van der Waals surface area (Å²) in [5, 5.41) is 6.52. The van der Waals surface area contributed by atoms with Gasteiger partial charge in [0, 0.05) is 0 Å². The minimum absolute atomic E-state index is 0.227. The summed E-state index contributed by atoms with van der Waals surface area (Å²) in [6, 6.07) is 5.38. The van der Waals surface area contributed by atoms with Crippen molar-refractivity contribution in [2.24, 2.45) is 0 Å². The van der Waals surface area contributed by atoms with Gasteiger partial charge in [-0.3, -0.25) is 14.8 Å². The summed E-state index contributed by atoms with van der Waals surface area (Å²) in [5.41, 5.74) is 1.63. The highest BCUT2D eigenvalue weighted by atomic mass is 35.5. The first-order valence-corrected chi connectivity index (χ1v) is 8.73. The molecule has 5 nitrogen and oxygen atoms in total. The van der Waals surface area contributed by atoms with Crippen molar-refractivity contribution in [1.82, 2.24) is 10.2 Å². The number of anilines is 1. The minimum Gasteiger partial charge on any atom is -0.293 e. The Morgan fingerprint density at radius 2 is 1.87 bits per heavy atom. The van der Waals surface area contributed by atoms with Crippen LogP contribution in [0.5, 0.6) is 0 Å². The topological polar surface area (TPSA) is 47.4 Å². The highest BCUT2D eigenvalue weighted by Gasteiger charge is 2.29. The number of aryl methyl sites for hydroxylation is 1. The number of carbonyl (C=O) groups excluding carboxylic acids is 1. The zero-order valence-corrected chi connectivity index (χ0v) is 14.3. The van der Waals surface area contributed by atoms with Crippen molar-refractivity contribution in [2.75, 3.05) is 31.5 Å². The van der Waals surface area contributed by atoms with Crippen LogP contribution >= 0.6 is 11.6 Å². The molecule has 0 aliphatic carbocycles. The number of hydrogen-bond donors (Lipinski definition) is 2. The van der Waals surface area contributed by atoms with Gasteiger partial charge < -0.3 is 0 Å². The van der Waals surface area contributed by atoms with Crippen molar-refractivity contribution in [1.29, 1.82) is 0 Å². The van der Waals surface area contributed by atoms with Crippen LogP contribution in [0.2, 0.25) is 5.02 Å². The average molecular weight is 336 g/mol. The van der Waals surface area contributed by atoms with E-state index < -0.39 is 0 Å². The molecule has 0 bridgehead atoms. The van der Waals surface area contributed by atoms with Crippen LogP contribution in [0.25, 0.3) is 0 Å². The standard InChI is InChI=1S/C17H23ClN4O/c1-13-7-6-8-14(18)15(13)19-16(23)20-17(21-9-2-3-10-21)22-11-4-5-12-22/h6-8H,2-5,9-12H2,1H3,(H,19,23)/p+1. The molecule has 2 aliphatic heterocycles. The van der Waals surface area contributed by atoms with Gasteiger partial charge in [0.15, 0.2) is 0 Å². The van der Waals surface area contributed by atoms with Gasteiger partial charge in [-0.25, -0.2) is 4.79 Å². The van der Waals surface area contributed by atoms with Crippen LogP contribution in [0, 0.1) is 6.92 Å². The summed E-state index contributed by atoms with van der Waals surface area (Å²) in [5.74, 6) is 0.946. The van der Waals surface area contributed by atoms with Crippen molar-refractivity contribution >= 4 is 29.3 Å². The van der Waals surface area contributed by atoms with E-state index >= 15 is 0 Å². The molecule has 0 aromatic heterocycles. The molecule has 2 fully saturated rings. The lowest BCUT2D eigenvalue weighted by Crippen LogP contribution is -2.49. The summed E-state index contributed by atoms with van der Waals surface area (Å²) in [7, 11) is 0. The fourth-order valence-corrected chi connectivity index (χ4v) is 3.52. The molecule has 0 atom stereocenters. The Hall–Kier alpha value is -1.75. The monoisotopic (exact) mass is 335 g/mol. The minimum atomic E-state index is -0.227. The van der Waals surface area contributed by atoms with E-state index in [2.05, 4.69) is 20.1 Å². The van der Waals surface area contributed by atoms with Gasteiger partial charge in [0.05, 0.1) is 36.9 Å². The van der Waals surface area contributed by atoms with Crippen LogP contribution in [0.15, 0.2) is 18.2 Å². The number of hydrogen-bond acceptors (Lipinski definition) is 1. The lowest BCUT2D eigenvalue weighted by Gasteiger charge is -2.17. The second-order valence-corrected chi connectivity index (χ2v) is 6.63. The fourth-order valence-electron chi connectivity index (χ4n) is 3.25. The Morgan fingerprint density at radius 1 is 1.17 bits per heavy atom. The third-order valence-corrected chi connectivity index (χ3v) is 4.81. The number of benzene rings is 1. The fraction of sp³-hybridized carbons (Fsp3) is 0.529. The maximum absolute atomic E-state index is 12.5. The summed E-state index contributed by atoms with van der Waals surface area (Å²) >= 11 is 6.19. The van der Waals surface area contributed by atoms with E-state index in [0.717, 1.165) is 37.7 Å². The molecular formula is C17H24ClN4O+. The highest BCUT2D eigenvalue weighted by molar-refractivity contribution is 6.34. The maximum atomic E-state index is 12.5. The first-order chi connectivity index (χ1) is 11.1. The molecule has 124 valence electrons. The number of amides is 2. The van der Waals surface area contributed by atoms with Crippen LogP contribution in [-0.4, -0.2) is 47.6 Å². The molecule has 2 N–H and O–H groups in total. The van der Waals surface area contributed by atoms with E-state index in [4.69, 9.17) is 11.6 Å². The maximum Gasteiger partial charge on any atom is 0.384 e. The number of rotatable bonds is 1. The first kappa shape index (κ1) is 16.1. The van der Waals surface area contributed by atoms with Crippen LogP contribution in [0.3, 0.4) is 0 Å². The Balaban J connectivity index is 1.75. The smallest absolute Gasteiger partial charge is 0.293 e. The van der Waals surface area contributed by atoms with Crippen molar-refractivity contribution < 1.29 is 9.37 Å². The molecule has 6 heteroatoms. The molecule has 2 amide bonds. The van der Waals surface area contributed by atoms with Crippen LogP contribution < -0.4 is 10.6 Å². The molecule has 0 radical (unpaired) electrons. The molecule has 3 rings (SSSR count). The van der Waals surface area contributed by atoms with E-state index in [-0.39, 0.29) is 6.03 Å². The number of halogens is 1. The van der Waals surface area contributed by atoms with E-state index in [1.807, 2.05) is 19.1 Å². The molecular weight excluding hydrogens is 312 g/mol. The zero-order valence-electron chi connectivity index (χ0n) is 13.6. The number of likely N-dealkylation sites (tertiary alicyclic amines) is 1. The largest absolute Gasteiger partial charge is 0.384 e. The van der Waals surface area contributed by atoms with E-state index in [1.54, 1.807) is 6.07 Å². The van der Waals surface area contributed by atoms with Crippen molar-refractivity contribution in [3.8, 4) is 0 Å². The summed E-state index contributed by atoms with van der Waals surface area (Å²) in [4.78, 5) is 14.8. The normalized spacial score (nSPS) is 17.5. The number of carbonyl (C=O) groups is 1. The Kier molecular flexibility index (Phi) is 5.06. The third-order valence-electron chi connectivity index (χ3n) is 4.50. The Morgan fingerprint density at radius 3 is 2.52 bits per heavy atom. The second-order valence-electron chi connectivity index (χ2n) is 6.22. The molecule has 1 aromatic carbocycles. The van der Waals surface area contributed by atoms with Gasteiger partial charge in [-0.2, -0.15) is 5.32 Å². The van der Waals surface area contributed by atoms with Gasteiger partial charge in [-0.1, -0.05) is 23.7 Å². The van der Waals surface area contributed by atoms with Crippen molar-refractivity contribution in [3.05, 3.63) is 28.8 Å². The number of para-hydroxylation sites is 1. The third kappa shape index (κ3) is 3.78. The molecule has 0 spiro atoms. The molecule has 23 heavy (non-hydrogen) atoms. The van der Waals surface area contributed by atoms with Gasteiger partial charge in [-0.15, -0.1) is 0 Å². The van der Waals surface area contributed by atoms with Gasteiger partial charge in [0.1, 0.15) is 0 Å². The van der Waals surface area contributed by atoms with Gasteiger partial charge in [0.25, 0.3) is 0 Å².